The molecule has 0 bridgehead atoms. The number of fused-ring (bicyclic) bond motifs is 1. The summed E-state index contributed by atoms with van der Waals surface area (Å²) in [7, 11) is 1.56. The fraction of sp³-hybridized carbons (Fsp3) is 0.308. The lowest BCUT2D eigenvalue weighted by molar-refractivity contribution is -0.207. The maximum Gasteiger partial charge on any atom is 0.418 e. The minimum absolute atomic E-state index is 0.172. The highest BCUT2D eigenvalue weighted by Gasteiger charge is 2.43. The van der Waals surface area contributed by atoms with Crippen LogP contribution in [-0.4, -0.2) is 28.5 Å². The molecule has 4 nitrogen and oxygen atoms in total. The zero-order chi connectivity index (χ0) is 16.7. The molecule has 1 unspecified atom stereocenters. The first-order valence-electron chi connectivity index (χ1n) is 6.17. The standard InChI is InChI=1S/C13H12ClF4N3O/c1-3-6(19-2)7-5-4-20-21-11(5)8(10(15)9(7)14)12(22)13(16,17)18/h3-4,12,19,22H,1-2H3,(H,20,21)/b6-3-. The van der Waals surface area contributed by atoms with Crippen LogP contribution in [0.4, 0.5) is 17.6 Å². The van der Waals surface area contributed by atoms with Crippen LogP contribution in [0.1, 0.15) is 24.2 Å². The molecule has 0 spiro atoms. The van der Waals surface area contributed by atoms with Gasteiger partial charge in [0.15, 0.2) is 11.9 Å². The maximum atomic E-state index is 14.4. The second-order valence-corrected chi connectivity index (χ2v) is 4.85. The molecular formula is C13H12ClF4N3O. The van der Waals surface area contributed by atoms with E-state index in [9.17, 15) is 22.7 Å². The Balaban J connectivity index is 2.87. The number of alkyl halides is 3. The first-order valence-corrected chi connectivity index (χ1v) is 6.54. The molecule has 0 aliphatic carbocycles. The fourth-order valence-electron chi connectivity index (χ4n) is 2.23. The molecule has 0 aliphatic rings. The number of rotatable bonds is 3. The Hall–Kier alpha value is -1.80. The summed E-state index contributed by atoms with van der Waals surface area (Å²) in [6.07, 6.45) is -5.22. The van der Waals surface area contributed by atoms with Gasteiger partial charge >= 0.3 is 6.18 Å². The van der Waals surface area contributed by atoms with E-state index < -0.39 is 28.7 Å². The lowest BCUT2D eigenvalue weighted by Gasteiger charge is -2.19. The summed E-state index contributed by atoms with van der Waals surface area (Å²) in [5.74, 6) is -1.34. The summed E-state index contributed by atoms with van der Waals surface area (Å²) in [6.45, 7) is 1.66. The molecule has 120 valence electrons. The van der Waals surface area contributed by atoms with E-state index in [1.807, 2.05) is 0 Å². The van der Waals surface area contributed by atoms with Crippen molar-refractivity contribution in [1.82, 2.24) is 15.5 Å². The number of nitrogens with zero attached hydrogens (tertiary/aromatic N) is 1. The molecule has 1 atom stereocenters. The normalized spacial score (nSPS) is 14.5. The minimum atomic E-state index is -5.03. The predicted molar refractivity (Wildman–Crippen MR) is 74.8 cm³/mol. The van der Waals surface area contributed by atoms with Crippen molar-refractivity contribution in [3.8, 4) is 0 Å². The molecule has 0 amide bonds. The third-order valence-electron chi connectivity index (χ3n) is 3.24. The zero-order valence-electron chi connectivity index (χ0n) is 11.5. The third kappa shape index (κ3) is 2.52. The van der Waals surface area contributed by atoms with E-state index in [2.05, 4.69) is 15.5 Å². The van der Waals surface area contributed by atoms with E-state index in [1.54, 1.807) is 20.0 Å². The van der Waals surface area contributed by atoms with E-state index in [1.165, 1.54) is 6.20 Å². The van der Waals surface area contributed by atoms with Crippen LogP contribution in [-0.2, 0) is 0 Å². The summed E-state index contributed by atoms with van der Waals surface area (Å²) in [4.78, 5) is 0. The van der Waals surface area contributed by atoms with Gasteiger partial charge in [-0.2, -0.15) is 18.3 Å². The van der Waals surface area contributed by atoms with Gasteiger partial charge in [-0.05, 0) is 6.92 Å². The molecule has 0 saturated carbocycles. The maximum absolute atomic E-state index is 14.4. The topological polar surface area (TPSA) is 60.9 Å². The van der Waals surface area contributed by atoms with Crippen LogP contribution in [0.3, 0.4) is 0 Å². The molecule has 9 heteroatoms. The van der Waals surface area contributed by atoms with Crippen molar-refractivity contribution in [2.45, 2.75) is 19.2 Å². The number of aromatic nitrogens is 2. The Morgan fingerprint density at radius 1 is 1.50 bits per heavy atom. The number of aliphatic hydroxyl groups is 1. The molecule has 2 rings (SSSR count). The van der Waals surface area contributed by atoms with E-state index in [4.69, 9.17) is 11.6 Å². The van der Waals surface area contributed by atoms with Gasteiger partial charge in [-0.1, -0.05) is 17.7 Å². The van der Waals surface area contributed by atoms with E-state index in [0.29, 0.717) is 5.70 Å². The zero-order valence-corrected chi connectivity index (χ0v) is 12.3. The molecule has 1 heterocycles. The lowest BCUT2D eigenvalue weighted by Crippen LogP contribution is -2.22. The number of allylic oxidation sites excluding steroid dienone is 1. The number of hydrogen-bond donors (Lipinski definition) is 3. The van der Waals surface area contributed by atoms with Gasteiger partial charge in [-0.3, -0.25) is 5.10 Å². The van der Waals surface area contributed by atoms with Crippen LogP contribution in [0.15, 0.2) is 12.3 Å². The monoisotopic (exact) mass is 337 g/mol. The molecule has 2 aromatic rings. The van der Waals surface area contributed by atoms with E-state index >= 15 is 0 Å². The van der Waals surface area contributed by atoms with Crippen molar-refractivity contribution in [3.05, 3.63) is 34.2 Å². The quantitative estimate of drug-likeness (QED) is 0.751. The SMILES string of the molecule is C/C=C(\NC)c1c(Cl)c(F)c(C(O)C(F)(F)F)c2[nH]ncc12. The Morgan fingerprint density at radius 3 is 2.64 bits per heavy atom. The van der Waals surface area contributed by atoms with Gasteiger partial charge in [-0.25, -0.2) is 4.39 Å². The van der Waals surface area contributed by atoms with E-state index in [0.717, 1.165) is 0 Å². The molecule has 22 heavy (non-hydrogen) atoms. The van der Waals surface area contributed by atoms with Crippen LogP contribution >= 0.6 is 11.6 Å². The van der Waals surface area contributed by atoms with Crippen LogP contribution in [0.5, 0.6) is 0 Å². The van der Waals surface area contributed by atoms with Gasteiger partial charge in [0.05, 0.1) is 22.3 Å². The highest BCUT2D eigenvalue weighted by atomic mass is 35.5. The van der Waals surface area contributed by atoms with Crippen LogP contribution < -0.4 is 5.32 Å². The Labute approximate surface area is 127 Å². The number of H-pyrrole nitrogens is 1. The molecule has 0 radical (unpaired) electrons. The Morgan fingerprint density at radius 2 is 2.14 bits per heavy atom. The summed E-state index contributed by atoms with van der Waals surface area (Å²) < 4.78 is 52.7. The van der Waals surface area contributed by atoms with Crippen molar-refractivity contribution < 1.29 is 22.7 Å². The second kappa shape index (κ2) is 5.77. The third-order valence-corrected chi connectivity index (χ3v) is 3.59. The average molecular weight is 338 g/mol. The molecule has 1 aromatic carbocycles. The largest absolute Gasteiger partial charge is 0.418 e. The van der Waals surface area contributed by atoms with Crippen molar-refractivity contribution in [2.24, 2.45) is 0 Å². The average Bonchev–Trinajstić information content (AvgIpc) is 2.91. The highest BCUT2D eigenvalue weighted by molar-refractivity contribution is 6.34. The summed E-state index contributed by atoms with van der Waals surface area (Å²) in [5, 5.41) is 17.8. The molecule has 0 saturated heterocycles. The van der Waals surface area contributed by atoms with Crippen LogP contribution in [0.2, 0.25) is 5.02 Å². The second-order valence-electron chi connectivity index (χ2n) is 4.47. The van der Waals surface area contributed by atoms with Crippen molar-refractivity contribution in [3.63, 3.8) is 0 Å². The Kier molecular flexibility index (Phi) is 4.35. The predicted octanol–water partition coefficient (Wildman–Crippen LogP) is 3.53. The molecule has 3 N–H and O–H groups in total. The van der Waals surface area contributed by atoms with Gasteiger partial charge in [0.1, 0.15) is 0 Å². The molecule has 0 aliphatic heterocycles. The van der Waals surface area contributed by atoms with Crippen molar-refractivity contribution in [1.29, 1.82) is 0 Å². The summed E-state index contributed by atoms with van der Waals surface area (Å²) >= 11 is 5.90. The number of hydrogen-bond acceptors (Lipinski definition) is 3. The summed E-state index contributed by atoms with van der Waals surface area (Å²) in [5.41, 5.74) is -0.633. The number of benzene rings is 1. The van der Waals surface area contributed by atoms with Gasteiger partial charge in [0.25, 0.3) is 0 Å². The molecular weight excluding hydrogens is 326 g/mol. The van der Waals surface area contributed by atoms with Gasteiger partial charge in [-0.15, -0.1) is 0 Å². The highest BCUT2D eigenvalue weighted by Crippen LogP contribution is 2.42. The first-order chi connectivity index (χ1) is 10.2. The number of aromatic amines is 1. The first kappa shape index (κ1) is 16.6. The summed E-state index contributed by atoms with van der Waals surface area (Å²) in [6, 6.07) is 0. The van der Waals surface area contributed by atoms with Gasteiger partial charge in [0, 0.05) is 23.7 Å². The van der Waals surface area contributed by atoms with Crippen molar-refractivity contribution >= 4 is 28.2 Å². The lowest BCUT2D eigenvalue weighted by atomic mass is 9.98. The van der Waals surface area contributed by atoms with Crippen LogP contribution in [0.25, 0.3) is 16.6 Å². The van der Waals surface area contributed by atoms with Crippen LogP contribution in [0, 0.1) is 5.82 Å². The minimum Gasteiger partial charge on any atom is -0.388 e. The van der Waals surface area contributed by atoms with Gasteiger partial charge in [0.2, 0.25) is 0 Å². The fourth-order valence-corrected chi connectivity index (χ4v) is 2.54. The number of nitrogens with one attached hydrogen (secondary N) is 2. The van der Waals surface area contributed by atoms with Gasteiger partial charge < -0.3 is 10.4 Å². The number of halogens is 5. The number of aliphatic hydroxyl groups excluding tert-OH is 1. The van der Waals surface area contributed by atoms with Crippen molar-refractivity contribution in [2.75, 3.05) is 7.05 Å². The smallest absolute Gasteiger partial charge is 0.388 e. The molecule has 0 fully saturated rings. The molecule has 1 aromatic heterocycles. The van der Waals surface area contributed by atoms with E-state index in [-0.39, 0.29) is 16.5 Å². The Bertz CT molecular complexity index is 739.